The van der Waals surface area contributed by atoms with E-state index in [0.717, 1.165) is 31.5 Å². The monoisotopic (exact) mass is 441 g/mol. The zero-order valence-electron chi connectivity index (χ0n) is 17.8. The van der Waals surface area contributed by atoms with Crippen LogP contribution in [0.3, 0.4) is 0 Å². The Labute approximate surface area is 178 Å². The fourth-order valence-corrected chi connectivity index (χ4v) is 5.28. The maximum absolute atomic E-state index is 13.0. The van der Waals surface area contributed by atoms with Crippen LogP contribution >= 0.6 is 0 Å². The summed E-state index contributed by atoms with van der Waals surface area (Å²) in [5.41, 5.74) is 0.808. The number of halogens is 1. The molecule has 1 N–H and O–H groups in total. The van der Waals surface area contributed by atoms with Gasteiger partial charge in [0.1, 0.15) is 5.82 Å². The molecule has 1 atom stereocenters. The molecule has 2 heterocycles. The molecule has 0 spiro atoms. The van der Waals surface area contributed by atoms with Gasteiger partial charge in [0.15, 0.2) is 0 Å². The Morgan fingerprint density at radius 2 is 1.83 bits per heavy atom. The van der Waals surface area contributed by atoms with Crippen molar-refractivity contribution in [1.82, 2.24) is 23.7 Å². The highest BCUT2D eigenvalue weighted by Crippen LogP contribution is 2.21. The van der Waals surface area contributed by atoms with Gasteiger partial charge in [-0.3, -0.25) is 0 Å². The summed E-state index contributed by atoms with van der Waals surface area (Å²) in [6.07, 6.45) is 2.93. The van der Waals surface area contributed by atoms with Gasteiger partial charge < -0.3 is 15.1 Å². The largest absolute Gasteiger partial charge is 0.334 e. The van der Waals surface area contributed by atoms with Gasteiger partial charge in [-0.15, -0.1) is 0 Å². The van der Waals surface area contributed by atoms with Crippen molar-refractivity contribution >= 4 is 16.2 Å². The first-order valence-electron chi connectivity index (χ1n) is 10.5. The molecule has 1 unspecified atom stereocenters. The third-order valence-electron chi connectivity index (χ3n) is 5.81. The van der Waals surface area contributed by atoms with Crippen LogP contribution in [-0.2, 0) is 16.8 Å². The lowest BCUT2D eigenvalue weighted by molar-refractivity contribution is 0.202. The third-order valence-corrected chi connectivity index (χ3v) is 7.80. The highest BCUT2D eigenvalue weighted by molar-refractivity contribution is 7.86. The predicted octanol–water partition coefficient (Wildman–Crippen LogP) is 1.31. The number of benzene rings is 1. The lowest BCUT2D eigenvalue weighted by atomic mass is 10.2. The van der Waals surface area contributed by atoms with E-state index >= 15 is 0 Å². The Balaban J connectivity index is 1.58. The van der Waals surface area contributed by atoms with Crippen molar-refractivity contribution in [1.29, 1.82) is 0 Å². The minimum atomic E-state index is -3.58. The van der Waals surface area contributed by atoms with E-state index in [9.17, 15) is 17.6 Å². The maximum atomic E-state index is 13.0. The molecule has 3 rings (SSSR count). The standard InChI is InChI=1S/C20H32FN5O3S/c1-23(2)30(28,29)26(14-13-24-10-3-4-11-24)19-9-12-25(16-19)20(27)22-15-17-5-7-18(21)8-6-17/h5-8,19H,3-4,9-16H2,1-2H3,(H,22,27). The van der Waals surface area contributed by atoms with E-state index in [1.54, 1.807) is 35.4 Å². The number of rotatable bonds is 8. The van der Waals surface area contributed by atoms with Crippen molar-refractivity contribution in [2.75, 3.05) is 53.4 Å². The SMILES string of the molecule is CN(C)S(=O)(=O)N(CCN1CCCC1)C1CCN(C(=O)NCc2ccc(F)cc2)C1. The molecule has 8 nitrogen and oxygen atoms in total. The van der Waals surface area contributed by atoms with E-state index in [2.05, 4.69) is 10.2 Å². The summed E-state index contributed by atoms with van der Waals surface area (Å²) < 4.78 is 41.6. The predicted molar refractivity (Wildman–Crippen MR) is 114 cm³/mol. The molecule has 0 bridgehead atoms. The Hall–Kier alpha value is -1.75. The molecular weight excluding hydrogens is 409 g/mol. The molecule has 2 aliphatic rings. The van der Waals surface area contributed by atoms with Crippen LogP contribution in [0.1, 0.15) is 24.8 Å². The maximum Gasteiger partial charge on any atom is 0.317 e. The Kier molecular flexibility index (Phi) is 7.67. The van der Waals surface area contributed by atoms with Crippen LogP contribution in [0.4, 0.5) is 9.18 Å². The summed E-state index contributed by atoms with van der Waals surface area (Å²) in [5, 5.41) is 2.84. The summed E-state index contributed by atoms with van der Waals surface area (Å²) in [7, 11) is -0.493. The summed E-state index contributed by atoms with van der Waals surface area (Å²) >= 11 is 0. The van der Waals surface area contributed by atoms with E-state index in [1.165, 1.54) is 16.4 Å². The summed E-state index contributed by atoms with van der Waals surface area (Å²) in [4.78, 5) is 16.5. The molecule has 2 fully saturated rings. The highest BCUT2D eigenvalue weighted by atomic mass is 32.2. The molecule has 168 valence electrons. The van der Waals surface area contributed by atoms with Gasteiger partial charge in [0, 0.05) is 52.9 Å². The topological polar surface area (TPSA) is 76.2 Å². The smallest absolute Gasteiger partial charge is 0.317 e. The number of likely N-dealkylation sites (tertiary alicyclic amines) is 2. The van der Waals surface area contributed by atoms with Crippen molar-refractivity contribution in [2.24, 2.45) is 0 Å². The van der Waals surface area contributed by atoms with Crippen molar-refractivity contribution in [3.8, 4) is 0 Å². The Morgan fingerprint density at radius 1 is 1.17 bits per heavy atom. The molecular formula is C20H32FN5O3S. The minimum Gasteiger partial charge on any atom is -0.334 e. The lowest BCUT2D eigenvalue weighted by Crippen LogP contribution is -2.50. The van der Waals surface area contributed by atoms with Gasteiger partial charge in [0.2, 0.25) is 0 Å². The van der Waals surface area contributed by atoms with Gasteiger partial charge in [-0.2, -0.15) is 17.0 Å². The Morgan fingerprint density at radius 3 is 2.47 bits per heavy atom. The third kappa shape index (κ3) is 5.69. The number of urea groups is 1. The molecule has 1 aromatic carbocycles. The van der Waals surface area contributed by atoms with Crippen LogP contribution in [0, 0.1) is 5.82 Å². The van der Waals surface area contributed by atoms with Crippen LogP contribution in [0.2, 0.25) is 0 Å². The molecule has 0 aromatic heterocycles. The second-order valence-corrected chi connectivity index (χ2v) is 10.2. The van der Waals surface area contributed by atoms with Crippen LogP contribution < -0.4 is 5.32 Å². The quantitative estimate of drug-likeness (QED) is 0.660. The average molecular weight is 442 g/mol. The fraction of sp³-hybridized carbons (Fsp3) is 0.650. The first-order chi connectivity index (χ1) is 14.3. The van der Waals surface area contributed by atoms with E-state index in [4.69, 9.17) is 0 Å². The normalized spacial score (nSPS) is 20.4. The molecule has 10 heteroatoms. The second-order valence-electron chi connectivity index (χ2n) is 8.12. The van der Waals surface area contributed by atoms with Gasteiger partial charge >= 0.3 is 6.03 Å². The number of hydrogen-bond acceptors (Lipinski definition) is 4. The van der Waals surface area contributed by atoms with Crippen molar-refractivity contribution < 1.29 is 17.6 Å². The summed E-state index contributed by atoms with van der Waals surface area (Å²) in [6.45, 7) is 4.33. The van der Waals surface area contributed by atoms with E-state index in [0.29, 0.717) is 39.1 Å². The minimum absolute atomic E-state index is 0.233. The lowest BCUT2D eigenvalue weighted by Gasteiger charge is -2.32. The van der Waals surface area contributed by atoms with Gasteiger partial charge in [0.25, 0.3) is 10.2 Å². The fourth-order valence-electron chi connectivity index (χ4n) is 4.00. The number of nitrogens with one attached hydrogen (secondary N) is 1. The van der Waals surface area contributed by atoms with Crippen LogP contribution in [0.5, 0.6) is 0 Å². The first kappa shape index (κ1) is 22.9. The average Bonchev–Trinajstić information content (AvgIpc) is 3.39. The molecule has 0 saturated carbocycles. The van der Waals surface area contributed by atoms with Gasteiger partial charge in [-0.1, -0.05) is 12.1 Å². The Bertz CT molecular complexity index is 812. The van der Waals surface area contributed by atoms with E-state index < -0.39 is 10.2 Å². The van der Waals surface area contributed by atoms with Gasteiger partial charge in [0.05, 0.1) is 0 Å². The molecule has 30 heavy (non-hydrogen) atoms. The first-order valence-corrected chi connectivity index (χ1v) is 11.9. The van der Waals surface area contributed by atoms with Gasteiger partial charge in [-0.25, -0.2) is 9.18 Å². The zero-order chi connectivity index (χ0) is 21.7. The van der Waals surface area contributed by atoms with Crippen LogP contribution in [0.25, 0.3) is 0 Å². The van der Waals surface area contributed by atoms with Crippen molar-refractivity contribution in [3.63, 3.8) is 0 Å². The summed E-state index contributed by atoms with van der Waals surface area (Å²) in [5.74, 6) is -0.316. The van der Waals surface area contributed by atoms with E-state index in [1.807, 2.05) is 0 Å². The van der Waals surface area contributed by atoms with Crippen LogP contribution in [0.15, 0.2) is 24.3 Å². The molecule has 0 radical (unpaired) electrons. The number of carbonyl (C=O) groups excluding carboxylic acids is 1. The highest BCUT2D eigenvalue weighted by Gasteiger charge is 2.37. The zero-order valence-corrected chi connectivity index (χ0v) is 18.6. The molecule has 0 aliphatic carbocycles. The number of hydrogen-bond donors (Lipinski definition) is 1. The molecule has 1 aromatic rings. The van der Waals surface area contributed by atoms with Gasteiger partial charge in [-0.05, 0) is 50.0 Å². The number of nitrogens with zero attached hydrogens (tertiary/aromatic N) is 4. The van der Waals surface area contributed by atoms with Crippen LogP contribution in [-0.4, -0.2) is 92.3 Å². The molecule has 2 amide bonds. The number of amides is 2. The van der Waals surface area contributed by atoms with E-state index in [-0.39, 0.29) is 17.9 Å². The second kappa shape index (κ2) is 10.0. The van der Waals surface area contributed by atoms with Crippen molar-refractivity contribution in [3.05, 3.63) is 35.6 Å². The number of carbonyl (C=O) groups is 1. The summed E-state index contributed by atoms with van der Waals surface area (Å²) in [6, 6.07) is 5.51. The molecule has 2 saturated heterocycles. The molecule has 2 aliphatic heterocycles. The van der Waals surface area contributed by atoms with Crippen molar-refractivity contribution in [2.45, 2.75) is 31.8 Å².